The predicted octanol–water partition coefficient (Wildman–Crippen LogP) is 6.09. The van der Waals surface area contributed by atoms with Gasteiger partial charge < -0.3 is 4.74 Å². The molecule has 1 atom stereocenters. The highest BCUT2D eigenvalue weighted by molar-refractivity contribution is 5.77. The first-order chi connectivity index (χ1) is 9.21. The summed E-state index contributed by atoms with van der Waals surface area (Å²) in [5.74, 6) is 0.272. The standard InChI is InChI=1S/C17H34O2.C2H6/c1-12(2)13(3)19-14(18)17(9,10)16(7,8)11-15(4,5)6;1-2/h12-13H,11H2,1-10H3;1-2H3. The molecule has 0 aromatic carbocycles. The molecule has 0 rings (SSSR count). The Labute approximate surface area is 134 Å². The highest BCUT2D eigenvalue weighted by Gasteiger charge is 2.46. The van der Waals surface area contributed by atoms with E-state index in [9.17, 15) is 4.79 Å². The molecule has 21 heavy (non-hydrogen) atoms. The van der Waals surface area contributed by atoms with Gasteiger partial charge in [0.1, 0.15) is 6.10 Å². The van der Waals surface area contributed by atoms with Crippen LogP contribution in [-0.2, 0) is 9.53 Å². The number of ether oxygens (including phenoxy) is 1. The summed E-state index contributed by atoms with van der Waals surface area (Å²) in [5, 5.41) is 0. The molecular weight excluding hydrogens is 260 g/mol. The van der Waals surface area contributed by atoms with Crippen LogP contribution in [0, 0.1) is 22.2 Å². The van der Waals surface area contributed by atoms with E-state index >= 15 is 0 Å². The zero-order valence-electron chi connectivity index (χ0n) is 16.7. The Balaban J connectivity index is 0. The summed E-state index contributed by atoms with van der Waals surface area (Å²) < 4.78 is 5.64. The van der Waals surface area contributed by atoms with Gasteiger partial charge in [-0.2, -0.15) is 0 Å². The number of rotatable bonds is 5. The smallest absolute Gasteiger partial charge is 0.312 e. The van der Waals surface area contributed by atoms with Crippen molar-refractivity contribution < 1.29 is 9.53 Å². The SMILES string of the molecule is CC.CC(C)C(C)OC(=O)C(C)(C)C(C)(C)CC(C)(C)C. The molecule has 0 aliphatic heterocycles. The van der Waals surface area contributed by atoms with Crippen LogP contribution in [-0.4, -0.2) is 12.1 Å². The van der Waals surface area contributed by atoms with Crippen molar-refractivity contribution in [3.8, 4) is 0 Å². The van der Waals surface area contributed by atoms with E-state index in [0.29, 0.717) is 5.92 Å². The fourth-order valence-corrected chi connectivity index (χ4v) is 2.28. The zero-order chi connectivity index (χ0) is 17.6. The number of hydrogen-bond donors (Lipinski definition) is 0. The van der Waals surface area contributed by atoms with Crippen molar-refractivity contribution in [2.75, 3.05) is 0 Å². The van der Waals surface area contributed by atoms with Crippen LogP contribution in [0.3, 0.4) is 0 Å². The maximum absolute atomic E-state index is 12.5. The Morgan fingerprint density at radius 1 is 0.905 bits per heavy atom. The van der Waals surface area contributed by atoms with Crippen molar-refractivity contribution in [2.45, 2.75) is 95.6 Å². The minimum atomic E-state index is -0.483. The quantitative estimate of drug-likeness (QED) is 0.574. The van der Waals surface area contributed by atoms with Gasteiger partial charge in [0.15, 0.2) is 0 Å². The third kappa shape index (κ3) is 7.33. The molecule has 0 bridgehead atoms. The summed E-state index contributed by atoms with van der Waals surface area (Å²) in [5.41, 5.74) is -0.382. The summed E-state index contributed by atoms with van der Waals surface area (Å²) in [4.78, 5) is 12.5. The second kappa shape index (κ2) is 8.19. The molecule has 0 fully saturated rings. The van der Waals surface area contributed by atoms with Crippen LogP contribution in [0.1, 0.15) is 89.5 Å². The maximum atomic E-state index is 12.5. The van der Waals surface area contributed by atoms with Gasteiger partial charge in [0, 0.05) is 0 Å². The maximum Gasteiger partial charge on any atom is 0.312 e. The summed E-state index contributed by atoms with van der Waals surface area (Å²) in [6.45, 7) is 25.1. The first-order valence-electron chi connectivity index (χ1n) is 8.42. The largest absolute Gasteiger partial charge is 0.462 e. The van der Waals surface area contributed by atoms with Crippen LogP contribution < -0.4 is 0 Å². The fourth-order valence-electron chi connectivity index (χ4n) is 2.28. The summed E-state index contributed by atoms with van der Waals surface area (Å²) in [6.07, 6.45) is 0.954. The van der Waals surface area contributed by atoms with E-state index in [1.54, 1.807) is 0 Å². The van der Waals surface area contributed by atoms with Crippen LogP contribution in [0.2, 0.25) is 0 Å². The molecule has 2 heteroatoms. The van der Waals surface area contributed by atoms with Crippen LogP contribution in [0.15, 0.2) is 0 Å². The van der Waals surface area contributed by atoms with Crippen molar-refractivity contribution in [1.29, 1.82) is 0 Å². The summed E-state index contributed by atoms with van der Waals surface area (Å²) in [6, 6.07) is 0. The van der Waals surface area contributed by atoms with Gasteiger partial charge in [-0.1, -0.05) is 62.3 Å². The van der Waals surface area contributed by atoms with Gasteiger partial charge in [-0.25, -0.2) is 0 Å². The minimum Gasteiger partial charge on any atom is -0.462 e. The molecule has 0 amide bonds. The van der Waals surface area contributed by atoms with Crippen molar-refractivity contribution in [3.63, 3.8) is 0 Å². The number of hydrogen-bond acceptors (Lipinski definition) is 2. The van der Waals surface area contributed by atoms with Gasteiger partial charge in [0.05, 0.1) is 5.41 Å². The van der Waals surface area contributed by atoms with Crippen molar-refractivity contribution in [1.82, 2.24) is 0 Å². The van der Waals surface area contributed by atoms with Crippen molar-refractivity contribution in [2.24, 2.45) is 22.2 Å². The lowest BCUT2D eigenvalue weighted by Crippen LogP contribution is -2.44. The highest BCUT2D eigenvalue weighted by Crippen LogP contribution is 2.47. The second-order valence-electron chi connectivity index (χ2n) is 8.60. The average molecular weight is 301 g/mol. The molecule has 0 aliphatic rings. The van der Waals surface area contributed by atoms with Gasteiger partial charge in [0.25, 0.3) is 0 Å². The Bertz CT molecular complexity index is 306. The van der Waals surface area contributed by atoms with E-state index in [-0.39, 0.29) is 22.9 Å². The molecule has 0 aromatic rings. The molecule has 128 valence electrons. The van der Waals surface area contributed by atoms with Crippen molar-refractivity contribution >= 4 is 5.97 Å². The van der Waals surface area contributed by atoms with Crippen LogP contribution in [0.25, 0.3) is 0 Å². The third-order valence-corrected chi connectivity index (χ3v) is 4.41. The molecule has 0 spiro atoms. The van der Waals surface area contributed by atoms with E-state index in [1.165, 1.54) is 0 Å². The lowest BCUT2D eigenvalue weighted by molar-refractivity contribution is -0.169. The number of esters is 1. The molecule has 0 aromatic heterocycles. The lowest BCUT2D eigenvalue weighted by atomic mass is 9.61. The Morgan fingerprint density at radius 3 is 1.57 bits per heavy atom. The molecule has 0 N–H and O–H groups in total. The number of carbonyl (C=O) groups excluding carboxylic acids is 1. The molecule has 1 unspecified atom stereocenters. The van der Waals surface area contributed by atoms with Gasteiger partial charge >= 0.3 is 5.97 Å². The molecule has 0 saturated heterocycles. The Hall–Kier alpha value is -0.530. The van der Waals surface area contributed by atoms with Crippen molar-refractivity contribution in [3.05, 3.63) is 0 Å². The molecule has 0 radical (unpaired) electrons. The van der Waals surface area contributed by atoms with Gasteiger partial charge in [0.2, 0.25) is 0 Å². The monoisotopic (exact) mass is 300 g/mol. The summed E-state index contributed by atoms with van der Waals surface area (Å²) in [7, 11) is 0. The van der Waals surface area contributed by atoms with E-state index in [2.05, 4.69) is 48.5 Å². The molecule has 0 heterocycles. The predicted molar refractivity (Wildman–Crippen MR) is 93.4 cm³/mol. The lowest BCUT2D eigenvalue weighted by Gasteiger charge is -2.43. The van der Waals surface area contributed by atoms with Crippen LogP contribution in [0.5, 0.6) is 0 Å². The first-order valence-corrected chi connectivity index (χ1v) is 8.42. The highest BCUT2D eigenvalue weighted by atomic mass is 16.5. The van der Waals surface area contributed by atoms with Crippen LogP contribution >= 0.6 is 0 Å². The third-order valence-electron chi connectivity index (χ3n) is 4.41. The van der Waals surface area contributed by atoms with E-state index in [1.807, 2.05) is 34.6 Å². The zero-order valence-corrected chi connectivity index (χ0v) is 16.7. The number of carbonyl (C=O) groups is 1. The average Bonchev–Trinajstić information content (AvgIpc) is 2.27. The van der Waals surface area contributed by atoms with E-state index in [0.717, 1.165) is 6.42 Å². The van der Waals surface area contributed by atoms with Crippen LogP contribution in [0.4, 0.5) is 0 Å². The second-order valence-corrected chi connectivity index (χ2v) is 8.60. The normalized spacial score (nSPS) is 14.3. The van der Waals surface area contributed by atoms with E-state index < -0.39 is 5.41 Å². The molecular formula is C19H40O2. The fraction of sp³-hybridized carbons (Fsp3) is 0.947. The minimum absolute atomic E-state index is 0.0304. The van der Waals surface area contributed by atoms with E-state index in [4.69, 9.17) is 4.74 Å². The first kappa shape index (κ1) is 22.7. The topological polar surface area (TPSA) is 26.3 Å². The Kier molecular flexibility index (Phi) is 8.88. The summed E-state index contributed by atoms with van der Waals surface area (Å²) >= 11 is 0. The van der Waals surface area contributed by atoms with Gasteiger partial charge in [-0.3, -0.25) is 4.79 Å². The molecule has 2 nitrogen and oxygen atoms in total. The Morgan fingerprint density at radius 2 is 1.29 bits per heavy atom. The molecule has 0 aliphatic carbocycles. The van der Waals surface area contributed by atoms with Gasteiger partial charge in [-0.05, 0) is 43.9 Å². The van der Waals surface area contributed by atoms with Gasteiger partial charge in [-0.15, -0.1) is 0 Å². The molecule has 0 saturated carbocycles.